The van der Waals surface area contributed by atoms with E-state index in [1.807, 2.05) is 11.8 Å². The zero-order valence-corrected chi connectivity index (χ0v) is 18.1. The van der Waals surface area contributed by atoms with Crippen LogP contribution in [-0.2, 0) is 17.6 Å². The molecule has 7 heteroatoms. The maximum Gasteiger partial charge on any atom is 0.320 e. The largest absolute Gasteiger partial charge is 0.492 e. The number of rotatable bonds is 12. The Balaban J connectivity index is 1.48. The monoisotopic (exact) mass is 429 g/mol. The van der Waals surface area contributed by atoms with Gasteiger partial charge in [-0.15, -0.1) is 0 Å². The van der Waals surface area contributed by atoms with Crippen LogP contribution < -0.4 is 10.1 Å². The number of hydrogen-bond donors (Lipinski definition) is 2. The van der Waals surface area contributed by atoms with Crippen LogP contribution >= 0.6 is 0 Å². The number of aliphatic carboxylic acids is 1. The molecule has 0 aliphatic carbocycles. The van der Waals surface area contributed by atoms with Crippen molar-refractivity contribution in [1.82, 2.24) is 9.88 Å². The summed E-state index contributed by atoms with van der Waals surface area (Å²) in [6, 6.07) is 9.59. The summed E-state index contributed by atoms with van der Waals surface area (Å²) in [5.74, 6) is 0.471. The Bertz CT molecular complexity index is 844. The van der Waals surface area contributed by atoms with Crippen molar-refractivity contribution in [2.75, 3.05) is 31.6 Å². The highest BCUT2D eigenvalue weighted by atomic mass is 19.1. The highest BCUT2D eigenvalue weighted by Crippen LogP contribution is 2.20. The number of carboxylic acid groups (broad SMARTS) is 1. The second kappa shape index (κ2) is 11.6. The molecule has 0 saturated carbocycles. The van der Waals surface area contributed by atoms with Gasteiger partial charge in [0.05, 0.1) is 0 Å². The van der Waals surface area contributed by atoms with E-state index in [0.717, 1.165) is 50.2 Å². The number of nitrogens with one attached hydrogen (secondary N) is 1. The van der Waals surface area contributed by atoms with E-state index in [0.29, 0.717) is 31.9 Å². The fourth-order valence-electron chi connectivity index (χ4n) is 3.95. The third kappa shape index (κ3) is 6.92. The van der Waals surface area contributed by atoms with E-state index in [4.69, 9.17) is 9.72 Å². The van der Waals surface area contributed by atoms with Crippen LogP contribution in [-0.4, -0.2) is 53.2 Å². The molecule has 0 spiro atoms. The van der Waals surface area contributed by atoms with Gasteiger partial charge in [0.2, 0.25) is 0 Å². The lowest BCUT2D eigenvalue weighted by Crippen LogP contribution is -2.43. The molecule has 2 aromatic rings. The van der Waals surface area contributed by atoms with E-state index in [-0.39, 0.29) is 5.82 Å². The summed E-state index contributed by atoms with van der Waals surface area (Å²) in [5, 5.41) is 13.0. The summed E-state index contributed by atoms with van der Waals surface area (Å²) in [4.78, 5) is 18.4. The topological polar surface area (TPSA) is 74.7 Å². The molecule has 0 fully saturated rings. The molecule has 168 valence electrons. The number of carboxylic acids is 1. The van der Waals surface area contributed by atoms with Crippen LogP contribution in [0.1, 0.15) is 43.9 Å². The van der Waals surface area contributed by atoms with Crippen molar-refractivity contribution in [2.24, 2.45) is 0 Å². The SMILES string of the molecule is CCC(C(=O)O)N(CCCCc1ccc2c(n1)NCCC2)CCOc1ccc(F)cc1. The Kier molecular flexibility index (Phi) is 8.64. The summed E-state index contributed by atoms with van der Waals surface area (Å²) in [6.07, 6.45) is 5.46. The highest BCUT2D eigenvalue weighted by molar-refractivity contribution is 5.73. The number of halogens is 1. The minimum atomic E-state index is -0.813. The van der Waals surface area contributed by atoms with E-state index >= 15 is 0 Å². The number of aryl methyl sites for hydroxylation is 2. The molecule has 1 aliphatic rings. The van der Waals surface area contributed by atoms with Gasteiger partial charge in [-0.1, -0.05) is 13.0 Å². The lowest BCUT2D eigenvalue weighted by molar-refractivity contribution is -0.143. The van der Waals surface area contributed by atoms with Gasteiger partial charge in [-0.2, -0.15) is 0 Å². The maximum atomic E-state index is 13.0. The molecule has 0 saturated heterocycles. The first kappa shape index (κ1) is 23.0. The zero-order valence-electron chi connectivity index (χ0n) is 18.1. The summed E-state index contributed by atoms with van der Waals surface area (Å²) in [5.41, 5.74) is 2.36. The third-order valence-corrected chi connectivity index (χ3v) is 5.65. The molecule has 6 nitrogen and oxygen atoms in total. The predicted molar refractivity (Wildman–Crippen MR) is 119 cm³/mol. The van der Waals surface area contributed by atoms with Crippen LogP contribution in [0.25, 0.3) is 0 Å². The number of benzene rings is 1. The summed E-state index contributed by atoms with van der Waals surface area (Å²) in [6.45, 7) is 4.40. The van der Waals surface area contributed by atoms with Gasteiger partial charge in [0, 0.05) is 18.8 Å². The van der Waals surface area contributed by atoms with Gasteiger partial charge in [-0.3, -0.25) is 9.69 Å². The molecule has 3 rings (SSSR count). The van der Waals surface area contributed by atoms with Gasteiger partial charge in [0.15, 0.2) is 0 Å². The van der Waals surface area contributed by atoms with E-state index in [1.54, 1.807) is 12.1 Å². The van der Waals surface area contributed by atoms with E-state index < -0.39 is 12.0 Å². The Morgan fingerprint density at radius 3 is 2.77 bits per heavy atom. The second-order valence-electron chi connectivity index (χ2n) is 7.90. The van der Waals surface area contributed by atoms with Crippen LogP contribution in [0.4, 0.5) is 10.2 Å². The molecule has 0 bridgehead atoms. The summed E-state index contributed by atoms with van der Waals surface area (Å²) >= 11 is 0. The van der Waals surface area contributed by atoms with E-state index in [1.165, 1.54) is 17.7 Å². The van der Waals surface area contributed by atoms with Crippen molar-refractivity contribution in [1.29, 1.82) is 0 Å². The number of fused-ring (bicyclic) bond motifs is 1. The number of unbranched alkanes of at least 4 members (excludes halogenated alkanes) is 1. The molecule has 1 aromatic heterocycles. The van der Waals surface area contributed by atoms with Crippen LogP contribution in [0.15, 0.2) is 36.4 Å². The number of pyridine rings is 1. The minimum absolute atomic E-state index is 0.310. The number of anilines is 1. The quantitative estimate of drug-likeness (QED) is 0.494. The molecule has 1 aliphatic heterocycles. The number of hydrogen-bond acceptors (Lipinski definition) is 5. The summed E-state index contributed by atoms with van der Waals surface area (Å²) < 4.78 is 18.7. The Morgan fingerprint density at radius 1 is 1.23 bits per heavy atom. The summed E-state index contributed by atoms with van der Waals surface area (Å²) in [7, 11) is 0. The van der Waals surface area contributed by atoms with E-state index in [2.05, 4.69) is 17.4 Å². The first-order valence-corrected chi connectivity index (χ1v) is 11.1. The van der Waals surface area contributed by atoms with Crippen LogP contribution in [0.2, 0.25) is 0 Å². The molecule has 1 atom stereocenters. The number of carbonyl (C=O) groups is 1. The van der Waals surface area contributed by atoms with Crippen molar-refractivity contribution in [2.45, 2.75) is 51.5 Å². The van der Waals surface area contributed by atoms with E-state index in [9.17, 15) is 14.3 Å². The second-order valence-corrected chi connectivity index (χ2v) is 7.90. The average molecular weight is 430 g/mol. The predicted octanol–water partition coefficient (Wildman–Crippen LogP) is 4.15. The van der Waals surface area contributed by atoms with Crippen molar-refractivity contribution in [3.63, 3.8) is 0 Å². The fourth-order valence-corrected chi connectivity index (χ4v) is 3.95. The molecule has 2 heterocycles. The number of aromatic nitrogens is 1. The molecule has 2 N–H and O–H groups in total. The molecule has 1 aromatic carbocycles. The van der Waals surface area contributed by atoms with Crippen LogP contribution in [0.3, 0.4) is 0 Å². The average Bonchev–Trinajstić information content (AvgIpc) is 2.77. The molecule has 1 unspecified atom stereocenters. The van der Waals surface area contributed by atoms with Gasteiger partial charge < -0.3 is 15.2 Å². The van der Waals surface area contributed by atoms with Gasteiger partial charge in [-0.05, 0) is 81.0 Å². The molecule has 0 amide bonds. The van der Waals surface area contributed by atoms with Crippen molar-refractivity contribution < 1.29 is 19.0 Å². The van der Waals surface area contributed by atoms with Crippen LogP contribution in [0.5, 0.6) is 5.75 Å². The first-order valence-electron chi connectivity index (χ1n) is 11.1. The molecular weight excluding hydrogens is 397 g/mol. The minimum Gasteiger partial charge on any atom is -0.492 e. The fraction of sp³-hybridized carbons (Fsp3) is 0.500. The number of nitrogens with zero attached hydrogens (tertiary/aromatic N) is 2. The smallest absolute Gasteiger partial charge is 0.320 e. The normalized spacial score (nSPS) is 14.0. The zero-order chi connectivity index (χ0) is 22.1. The molecule has 31 heavy (non-hydrogen) atoms. The maximum absolute atomic E-state index is 13.0. The van der Waals surface area contributed by atoms with Crippen molar-refractivity contribution in [3.05, 3.63) is 53.5 Å². The Labute approximate surface area is 183 Å². The van der Waals surface area contributed by atoms with Gasteiger partial charge in [0.25, 0.3) is 0 Å². The molecular formula is C24H32FN3O3. The lowest BCUT2D eigenvalue weighted by atomic mass is 10.1. The molecule has 0 radical (unpaired) electrons. The number of ether oxygens (including phenoxy) is 1. The third-order valence-electron chi connectivity index (χ3n) is 5.65. The Morgan fingerprint density at radius 2 is 2.03 bits per heavy atom. The van der Waals surface area contributed by atoms with Crippen LogP contribution in [0, 0.1) is 5.82 Å². The highest BCUT2D eigenvalue weighted by Gasteiger charge is 2.23. The van der Waals surface area contributed by atoms with Gasteiger partial charge in [0.1, 0.15) is 30.0 Å². The first-order chi connectivity index (χ1) is 15.1. The van der Waals surface area contributed by atoms with Gasteiger partial charge >= 0.3 is 5.97 Å². The Hall–Kier alpha value is -2.67. The van der Waals surface area contributed by atoms with Crippen molar-refractivity contribution >= 4 is 11.8 Å². The standard InChI is InChI=1S/C24H32FN3O3/c1-2-22(24(29)30)28(16-17-31-21-12-9-19(25)10-13-21)15-4-3-7-20-11-8-18-6-5-14-26-23(18)27-20/h8-13,22H,2-7,14-17H2,1H3,(H,26,27)(H,29,30). The lowest BCUT2D eigenvalue weighted by Gasteiger charge is -2.28. The van der Waals surface area contributed by atoms with Gasteiger partial charge in [-0.25, -0.2) is 9.37 Å². The van der Waals surface area contributed by atoms with Crippen molar-refractivity contribution in [3.8, 4) is 5.75 Å².